The Hall–Kier alpha value is -2.26. The standard InChI is InChI=1S/C21H23ClN4O3S.ClH/c1-2-3-19(27)24-25-20(28)14-6-9-18-17(10-14)26(21(29)16(23)12-30-18)11-13-4-7-15(22)8-5-13;/h4-10,16H,2-3,11-12,23H2,1H3,(H,24,27)(H,25,28);1H/t16-;/m0./s1. The van der Waals surface area contributed by atoms with Crippen molar-refractivity contribution in [1.29, 1.82) is 0 Å². The molecule has 1 aliphatic heterocycles. The van der Waals surface area contributed by atoms with Crippen LogP contribution in [0, 0.1) is 0 Å². The number of amides is 3. The van der Waals surface area contributed by atoms with Crippen LogP contribution in [0.15, 0.2) is 47.4 Å². The van der Waals surface area contributed by atoms with E-state index in [0.29, 0.717) is 41.4 Å². The van der Waals surface area contributed by atoms with Gasteiger partial charge >= 0.3 is 0 Å². The van der Waals surface area contributed by atoms with Gasteiger partial charge in [-0.2, -0.15) is 0 Å². The molecule has 0 spiro atoms. The Morgan fingerprint density at radius 2 is 1.90 bits per heavy atom. The summed E-state index contributed by atoms with van der Waals surface area (Å²) in [5.74, 6) is -0.493. The molecule has 3 amide bonds. The fraction of sp³-hybridized carbons (Fsp3) is 0.286. The molecule has 0 saturated heterocycles. The lowest BCUT2D eigenvalue weighted by atomic mass is 10.1. The summed E-state index contributed by atoms with van der Waals surface area (Å²) in [4.78, 5) is 39.5. The van der Waals surface area contributed by atoms with Crippen molar-refractivity contribution in [3.8, 4) is 0 Å². The number of anilines is 1. The van der Waals surface area contributed by atoms with E-state index in [9.17, 15) is 14.4 Å². The molecule has 166 valence electrons. The number of fused-ring (bicyclic) bond motifs is 1. The van der Waals surface area contributed by atoms with Crippen molar-refractivity contribution < 1.29 is 14.4 Å². The number of rotatable bonds is 5. The Bertz CT molecular complexity index is 956. The molecule has 3 rings (SSSR count). The molecule has 10 heteroatoms. The number of nitrogens with two attached hydrogens (primary N) is 1. The van der Waals surface area contributed by atoms with Crippen LogP contribution in [0.5, 0.6) is 0 Å². The molecule has 0 saturated carbocycles. The van der Waals surface area contributed by atoms with Gasteiger partial charge in [0.2, 0.25) is 11.8 Å². The van der Waals surface area contributed by atoms with E-state index in [2.05, 4.69) is 10.9 Å². The topological polar surface area (TPSA) is 105 Å². The van der Waals surface area contributed by atoms with Gasteiger partial charge in [-0.1, -0.05) is 30.7 Å². The highest BCUT2D eigenvalue weighted by molar-refractivity contribution is 7.99. The summed E-state index contributed by atoms with van der Waals surface area (Å²) in [5.41, 5.74) is 12.7. The Kier molecular flexibility index (Phi) is 9.18. The highest BCUT2D eigenvalue weighted by atomic mass is 35.5. The van der Waals surface area contributed by atoms with Crippen LogP contribution in [0.3, 0.4) is 0 Å². The van der Waals surface area contributed by atoms with E-state index in [1.54, 1.807) is 35.2 Å². The van der Waals surface area contributed by atoms with E-state index >= 15 is 0 Å². The molecule has 0 radical (unpaired) electrons. The molecule has 0 aliphatic carbocycles. The molecular weight excluding hydrogens is 459 g/mol. The number of carbonyl (C=O) groups is 3. The zero-order valence-corrected chi connectivity index (χ0v) is 19.3. The maximum atomic E-state index is 13.0. The minimum absolute atomic E-state index is 0. The lowest BCUT2D eigenvalue weighted by Gasteiger charge is -2.25. The summed E-state index contributed by atoms with van der Waals surface area (Å²) in [6.07, 6.45) is 1.00. The van der Waals surface area contributed by atoms with Gasteiger partial charge in [0, 0.05) is 27.7 Å². The summed E-state index contributed by atoms with van der Waals surface area (Å²) in [6, 6.07) is 11.7. The van der Waals surface area contributed by atoms with Gasteiger partial charge < -0.3 is 10.6 Å². The van der Waals surface area contributed by atoms with E-state index in [4.69, 9.17) is 17.3 Å². The highest BCUT2D eigenvalue weighted by Gasteiger charge is 2.29. The van der Waals surface area contributed by atoms with Gasteiger partial charge in [0.05, 0.1) is 18.3 Å². The largest absolute Gasteiger partial charge is 0.319 e. The molecule has 0 aromatic heterocycles. The highest BCUT2D eigenvalue weighted by Crippen LogP contribution is 2.36. The average Bonchev–Trinajstić information content (AvgIpc) is 2.85. The lowest BCUT2D eigenvalue weighted by molar-refractivity contribution is -0.122. The van der Waals surface area contributed by atoms with Crippen molar-refractivity contribution in [2.75, 3.05) is 10.7 Å². The third-order valence-corrected chi connectivity index (χ3v) is 5.99. The Labute approximate surface area is 196 Å². The van der Waals surface area contributed by atoms with Crippen LogP contribution in [-0.2, 0) is 16.1 Å². The van der Waals surface area contributed by atoms with Crippen molar-refractivity contribution in [2.24, 2.45) is 5.73 Å². The number of benzene rings is 2. The van der Waals surface area contributed by atoms with Gasteiger partial charge in [0.25, 0.3) is 5.91 Å². The Morgan fingerprint density at radius 1 is 1.19 bits per heavy atom. The first kappa shape index (κ1) is 25.0. The number of thioether (sulfide) groups is 1. The van der Waals surface area contributed by atoms with Crippen LogP contribution >= 0.6 is 35.8 Å². The van der Waals surface area contributed by atoms with Crippen LogP contribution in [-0.4, -0.2) is 29.5 Å². The minimum atomic E-state index is -0.652. The average molecular weight is 483 g/mol. The van der Waals surface area contributed by atoms with Gasteiger partial charge in [-0.05, 0) is 42.3 Å². The van der Waals surface area contributed by atoms with E-state index in [1.807, 2.05) is 19.1 Å². The van der Waals surface area contributed by atoms with Crippen LogP contribution in [0.1, 0.15) is 35.7 Å². The quantitative estimate of drug-likeness (QED) is 0.567. The van der Waals surface area contributed by atoms with Crippen LogP contribution in [0.2, 0.25) is 5.02 Å². The molecule has 0 unspecified atom stereocenters. The van der Waals surface area contributed by atoms with Crippen molar-refractivity contribution in [1.82, 2.24) is 10.9 Å². The first-order valence-corrected chi connectivity index (χ1v) is 10.9. The van der Waals surface area contributed by atoms with Crippen molar-refractivity contribution >= 4 is 59.2 Å². The number of nitrogens with one attached hydrogen (secondary N) is 2. The second-order valence-corrected chi connectivity index (χ2v) is 8.40. The molecule has 7 nitrogen and oxygen atoms in total. The third-order valence-electron chi connectivity index (χ3n) is 4.56. The second-order valence-electron chi connectivity index (χ2n) is 6.90. The number of carbonyl (C=O) groups excluding carboxylic acids is 3. The molecule has 1 heterocycles. The summed E-state index contributed by atoms with van der Waals surface area (Å²) in [6.45, 7) is 2.18. The van der Waals surface area contributed by atoms with E-state index < -0.39 is 11.9 Å². The number of nitrogens with zero attached hydrogens (tertiary/aromatic N) is 1. The van der Waals surface area contributed by atoms with E-state index in [0.717, 1.165) is 10.5 Å². The first-order valence-electron chi connectivity index (χ1n) is 9.56. The van der Waals surface area contributed by atoms with Crippen molar-refractivity contribution in [2.45, 2.75) is 37.2 Å². The minimum Gasteiger partial charge on any atom is -0.319 e. The zero-order valence-electron chi connectivity index (χ0n) is 16.9. The van der Waals surface area contributed by atoms with Gasteiger partial charge in [-0.25, -0.2) is 0 Å². The molecule has 31 heavy (non-hydrogen) atoms. The smallest absolute Gasteiger partial charge is 0.269 e. The second kappa shape index (κ2) is 11.4. The molecule has 2 aromatic carbocycles. The molecule has 1 atom stereocenters. The van der Waals surface area contributed by atoms with Gasteiger partial charge in [0.15, 0.2) is 0 Å². The maximum absolute atomic E-state index is 13.0. The molecule has 0 bridgehead atoms. The summed E-state index contributed by atoms with van der Waals surface area (Å²) in [5, 5.41) is 0.609. The van der Waals surface area contributed by atoms with Crippen LogP contribution in [0.25, 0.3) is 0 Å². The summed E-state index contributed by atoms with van der Waals surface area (Å²) >= 11 is 7.44. The van der Waals surface area contributed by atoms with Crippen molar-refractivity contribution in [3.05, 3.63) is 58.6 Å². The first-order chi connectivity index (χ1) is 14.4. The van der Waals surface area contributed by atoms with E-state index in [-0.39, 0.29) is 24.2 Å². The van der Waals surface area contributed by atoms with E-state index in [1.165, 1.54) is 11.8 Å². The predicted octanol–water partition coefficient (Wildman–Crippen LogP) is 3.29. The van der Waals surface area contributed by atoms with Crippen LogP contribution in [0.4, 0.5) is 5.69 Å². The van der Waals surface area contributed by atoms with Crippen molar-refractivity contribution in [3.63, 3.8) is 0 Å². The molecule has 0 fully saturated rings. The molecule has 4 N–H and O–H groups in total. The van der Waals surface area contributed by atoms with Gasteiger partial charge in [-0.15, -0.1) is 24.2 Å². The lowest BCUT2D eigenvalue weighted by Crippen LogP contribution is -2.44. The van der Waals surface area contributed by atoms with Crippen LogP contribution < -0.4 is 21.5 Å². The zero-order chi connectivity index (χ0) is 21.7. The number of halogens is 2. The fourth-order valence-electron chi connectivity index (χ4n) is 2.99. The Balaban J connectivity index is 0.00000341. The Morgan fingerprint density at radius 3 is 2.58 bits per heavy atom. The number of hydrogen-bond donors (Lipinski definition) is 3. The maximum Gasteiger partial charge on any atom is 0.269 e. The van der Waals surface area contributed by atoms with Gasteiger partial charge in [0.1, 0.15) is 0 Å². The number of hydrogen-bond acceptors (Lipinski definition) is 5. The number of hydrazine groups is 1. The molecule has 2 aromatic rings. The SMILES string of the molecule is CCCC(=O)NNC(=O)c1ccc2c(c1)N(Cc1ccc(Cl)cc1)C(=O)[C@@H](N)CS2.Cl. The fourth-order valence-corrected chi connectivity index (χ4v) is 4.09. The molecule has 1 aliphatic rings. The monoisotopic (exact) mass is 482 g/mol. The van der Waals surface area contributed by atoms with Gasteiger partial charge in [-0.3, -0.25) is 25.2 Å². The normalized spacial score (nSPS) is 15.4. The summed E-state index contributed by atoms with van der Waals surface area (Å²) in [7, 11) is 0. The predicted molar refractivity (Wildman–Crippen MR) is 126 cm³/mol. The third kappa shape index (κ3) is 6.36. The summed E-state index contributed by atoms with van der Waals surface area (Å²) < 4.78 is 0. The molecular formula is C21H24Cl2N4O3S.